The third kappa shape index (κ3) is 131. The van der Waals surface area contributed by atoms with Crippen LogP contribution in [0.1, 0.15) is 98.8 Å². The third-order valence-corrected chi connectivity index (χ3v) is 3.43. The van der Waals surface area contributed by atoms with Crippen molar-refractivity contribution in [1.29, 1.82) is 0 Å². The van der Waals surface area contributed by atoms with Gasteiger partial charge >= 0.3 is 117 Å². The molecule has 148 valence electrons. The van der Waals surface area contributed by atoms with E-state index in [4.69, 9.17) is 0 Å². The van der Waals surface area contributed by atoms with Gasteiger partial charge in [0.1, 0.15) is 0 Å². The van der Waals surface area contributed by atoms with E-state index in [0.717, 1.165) is 38.5 Å². The van der Waals surface area contributed by atoms with Crippen LogP contribution in [0.3, 0.4) is 0 Å². The standard InChI is InChI=1S/3C4H9O.2C4H9.4Al/c3*1-2-3-4-5;2*1-3-4-2;;;;/h3*2-4H2,1H3;2*1,3-4H2,2H3;;;;/q3*-1;;;2*+2;2*+3. The van der Waals surface area contributed by atoms with Crippen LogP contribution in [0.2, 0.25) is 10.6 Å². The molecular weight excluding hydrogens is 396 g/mol. The number of hydrogen-bond acceptors (Lipinski definition) is 3. The summed E-state index contributed by atoms with van der Waals surface area (Å²) < 4.78 is 0. The molecule has 0 aromatic carbocycles. The van der Waals surface area contributed by atoms with E-state index in [-0.39, 0.29) is 54.5 Å². The van der Waals surface area contributed by atoms with Crippen molar-refractivity contribution >= 4 is 67.3 Å². The summed E-state index contributed by atoms with van der Waals surface area (Å²) in [6.45, 7) is 10.7. The Morgan fingerprint density at radius 3 is 0.630 bits per heavy atom. The van der Waals surface area contributed by atoms with Gasteiger partial charge in [0.05, 0.1) is 0 Å². The smallest absolute Gasteiger partial charge is 3.00 e. The molecule has 0 unspecified atom stereocenters. The van der Waals surface area contributed by atoms with Crippen molar-refractivity contribution in [2.45, 2.75) is 109 Å². The van der Waals surface area contributed by atoms with Gasteiger partial charge in [-0.25, -0.2) is 0 Å². The van der Waals surface area contributed by atoms with Crippen LogP contribution < -0.4 is 15.3 Å². The fourth-order valence-electron chi connectivity index (χ4n) is 0.841. The summed E-state index contributed by atoms with van der Waals surface area (Å²) in [5, 5.41) is 31.1. The van der Waals surface area contributed by atoms with Crippen molar-refractivity contribution in [3.63, 3.8) is 0 Å². The minimum atomic E-state index is 0. The van der Waals surface area contributed by atoms with Gasteiger partial charge in [-0.1, -0.05) is 59.3 Å². The minimum Gasteiger partial charge on any atom is 3.00 e. The first-order valence-corrected chi connectivity index (χ1v) is 11.9. The Labute approximate surface area is 210 Å². The molecule has 0 saturated heterocycles. The van der Waals surface area contributed by atoms with E-state index >= 15 is 0 Å². The van der Waals surface area contributed by atoms with E-state index in [2.05, 4.69) is 46.4 Å². The van der Waals surface area contributed by atoms with Crippen LogP contribution >= 0.6 is 0 Å². The van der Waals surface area contributed by atoms with Gasteiger partial charge in [0.15, 0.2) is 0 Å². The molecule has 0 amide bonds. The summed E-state index contributed by atoms with van der Waals surface area (Å²) in [6.07, 6.45) is 10.9. The second kappa shape index (κ2) is 70.6. The predicted molar refractivity (Wildman–Crippen MR) is 122 cm³/mol. The fraction of sp³-hybridized carbons (Fsp3) is 1.00. The van der Waals surface area contributed by atoms with Crippen LogP contribution in [0, 0.1) is 0 Å². The molecule has 27 heavy (non-hydrogen) atoms. The van der Waals surface area contributed by atoms with E-state index in [9.17, 15) is 15.3 Å². The van der Waals surface area contributed by atoms with E-state index < -0.39 is 0 Å². The molecule has 0 rings (SSSR count). The second-order valence-corrected chi connectivity index (χ2v) is 6.61. The van der Waals surface area contributed by atoms with Gasteiger partial charge in [0, 0.05) is 0 Å². The molecule has 0 radical (unpaired) electrons. The zero-order valence-electron chi connectivity index (χ0n) is 19.1. The molecule has 0 aliphatic carbocycles. The molecule has 3 nitrogen and oxygen atoms in total. The molecule has 0 spiro atoms. The zero-order valence-corrected chi connectivity index (χ0v) is 23.8. The summed E-state index contributed by atoms with van der Waals surface area (Å²) in [4.78, 5) is 0. The van der Waals surface area contributed by atoms with Crippen molar-refractivity contribution < 1.29 is 15.3 Å². The van der Waals surface area contributed by atoms with Crippen LogP contribution in [-0.4, -0.2) is 87.1 Å². The first-order chi connectivity index (χ1) is 12.1. The average Bonchev–Trinajstić information content (AvgIpc) is 2.61. The number of rotatable bonds is 10. The van der Waals surface area contributed by atoms with Crippen molar-refractivity contribution in [2.24, 2.45) is 0 Å². The molecule has 0 aromatic heterocycles. The topological polar surface area (TPSA) is 69.2 Å². The fourth-order valence-corrected chi connectivity index (χ4v) is 1.66. The van der Waals surface area contributed by atoms with Gasteiger partial charge in [0.2, 0.25) is 0 Å². The molecule has 0 aliphatic heterocycles. The normalized spacial score (nSPS) is 7.85. The summed E-state index contributed by atoms with van der Waals surface area (Å²) in [5.74, 6) is 0. The molecule has 0 fully saturated rings. The van der Waals surface area contributed by atoms with Gasteiger partial charge in [0.25, 0.3) is 0 Å². The van der Waals surface area contributed by atoms with Crippen LogP contribution in [-0.2, 0) is 0 Å². The summed E-state index contributed by atoms with van der Waals surface area (Å²) >= 11 is 5.40. The largest absolute Gasteiger partial charge is 3.00 e. The summed E-state index contributed by atoms with van der Waals surface area (Å²) in [5.41, 5.74) is 0. The zero-order chi connectivity index (χ0) is 20.6. The Balaban J connectivity index is -0.0000000364. The van der Waals surface area contributed by atoms with E-state index in [1.165, 1.54) is 36.2 Å². The first kappa shape index (κ1) is 47.0. The summed E-state index contributed by atoms with van der Waals surface area (Å²) in [6, 6.07) is 0. The summed E-state index contributed by atoms with van der Waals surface area (Å²) in [7, 11) is 0. The molecule has 0 saturated carbocycles. The molecule has 0 N–H and O–H groups in total. The minimum absolute atomic E-state index is 0. The Hall–Kier alpha value is 2.01. The Bertz CT molecular complexity index is 102. The van der Waals surface area contributed by atoms with Crippen molar-refractivity contribution in [3.05, 3.63) is 0 Å². The van der Waals surface area contributed by atoms with Gasteiger partial charge in [-0.3, -0.25) is 0 Å². The van der Waals surface area contributed by atoms with Gasteiger partial charge in [-0.2, -0.15) is 0 Å². The maximum absolute atomic E-state index is 9.53. The van der Waals surface area contributed by atoms with Crippen molar-refractivity contribution in [3.8, 4) is 0 Å². The van der Waals surface area contributed by atoms with Crippen molar-refractivity contribution in [1.82, 2.24) is 0 Å². The maximum Gasteiger partial charge on any atom is 3.00 e. The monoisotopic (exact) mass is 441 g/mol. The predicted octanol–water partition coefficient (Wildman–Crippen LogP) is 2.43. The second-order valence-electron chi connectivity index (χ2n) is 5.46. The van der Waals surface area contributed by atoms with Gasteiger partial charge in [-0.15, -0.1) is 19.8 Å². The van der Waals surface area contributed by atoms with Crippen LogP contribution in [0.5, 0.6) is 0 Å². The average molecular weight is 442 g/mol. The molecular formula is C20H45Al4O3+7. The third-order valence-electron chi connectivity index (χ3n) is 2.61. The number of hydrogen-bond donors (Lipinski definition) is 0. The quantitative estimate of drug-likeness (QED) is 0.489. The molecule has 0 heterocycles. The first-order valence-electron chi connectivity index (χ1n) is 10.2. The Morgan fingerprint density at radius 1 is 0.444 bits per heavy atom. The van der Waals surface area contributed by atoms with Crippen LogP contribution in [0.25, 0.3) is 0 Å². The Kier molecular flexibility index (Phi) is 123. The van der Waals surface area contributed by atoms with E-state index in [0.29, 0.717) is 0 Å². The number of unbranched alkanes of at least 4 members (excludes halogenated alkanes) is 5. The molecule has 0 bridgehead atoms. The van der Waals surface area contributed by atoms with Gasteiger partial charge in [-0.05, 0) is 0 Å². The van der Waals surface area contributed by atoms with Gasteiger partial charge < -0.3 is 15.3 Å². The molecule has 7 heteroatoms. The van der Waals surface area contributed by atoms with Crippen molar-refractivity contribution in [2.75, 3.05) is 19.8 Å². The molecule has 0 aliphatic rings. The van der Waals surface area contributed by atoms with E-state index in [1.807, 2.05) is 20.8 Å². The maximum atomic E-state index is 9.53. The SMILES string of the molecule is CCCC[O-].CCCC[O-].CCCC[O-].CCC[CH2][Al+2].CCC[CH2][Al+2].[Al+3].[Al+3]. The molecule has 0 atom stereocenters. The molecule has 0 aromatic rings. The van der Waals surface area contributed by atoms with E-state index in [1.54, 1.807) is 0 Å². The van der Waals surface area contributed by atoms with Crippen LogP contribution in [0.15, 0.2) is 0 Å². The Morgan fingerprint density at radius 2 is 0.630 bits per heavy atom. The van der Waals surface area contributed by atoms with Crippen LogP contribution in [0.4, 0.5) is 0 Å².